The molecule has 8 nitrogen and oxygen atoms in total. The molecule has 0 saturated carbocycles. The number of halogens is 2. The number of ether oxygens (including phenoxy) is 1. The molecule has 182 valence electrons. The molecule has 10 heteroatoms. The van der Waals surface area contributed by atoms with Crippen molar-refractivity contribution in [3.63, 3.8) is 0 Å². The van der Waals surface area contributed by atoms with Crippen LogP contribution in [0.1, 0.15) is 26.5 Å². The molecule has 0 atom stereocenters. The topological polar surface area (TPSA) is 70.9 Å². The van der Waals surface area contributed by atoms with E-state index in [4.69, 9.17) is 16.3 Å². The summed E-state index contributed by atoms with van der Waals surface area (Å²) < 4.78 is 21.2. The van der Waals surface area contributed by atoms with E-state index in [0.29, 0.717) is 45.0 Å². The van der Waals surface area contributed by atoms with E-state index in [9.17, 15) is 14.0 Å². The van der Waals surface area contributed by atoms with Crippen LogP contribution in [0.5, 0.6) is 5.75 Å². The standard InChI is InChI=1S/C25H25ClFN5O3/c1-35-23-8-3-2-7-21(23)29-9-11-30(12-10-29)24(33)20-15-22-25(34)31(13-14-32(22)28-20)16-17-18(26)5-4-6-19(17)27/h2-8,15H,9-14,16H2,1H3. The van der Waals surface area contributed by atoms with Crippen LogP contribution < -0.4 is 9.64 Å². The van der Waals surface area contributed by atoms with Crippen molar-refractivity contribution in [2.75, 3.05) is 44.7 Å². The zero-order valence-corrected chi connectivity index (χ0v) is 20.0. The van der Waals surface area contributed by atoms with Gasteiger partial charge in [0, 0.05) is 49.4 Å². The number of carbonyl (C=O) groups excluding carboxylic acids is 2. The van der Waals surface area contributed by atoms with Gasteiger partial charge in [0.25, 0.3) is 11.8 Å². The molecule has 0 aliphatic carbocycles. The van der Waals surface area contributed by atoms with Crippen molar-refractivity contribution in [1.82, 2.24) is 19.6 Å². The van der Waals surface area contributed by atoms with Gasteiger partial charge < -0.3 is 19.4 Å². The molecule has 0 N–H and O–H groups in total. The number of para-hydroxylation sites is 2. The van der Waals surface area contributed by atoms with Crippen molar-refractivity contribution in [1.29, 1.82) is 0 Å². The van der Waals surface area contributed by atoms with Gasteiger partial charge in [-0.25, -0.2) is 4.39 Å². The zero-order chi connectivity index (χ0) is 24.5. The first-order valence-corrected chi connectivity index (χ1v) is 11.8. The van der Waals surface area contributed by atoms with Gasteiger partial charge in [-0.3, -0.25) is 14.3 Å². The number of rotatable bonds is 5. The normalized spacial score (nSPS) is 15.9. The van der Waals surface area contributed by atoms with Crippen LogP contribution in [0.4, 0.5) is 10.1 Å². The SMILES string of the molecule is COc1ccccc1N1CCN(C(=O)c2cc3n(n2)CCN(Cc2c(F)cccc2Cl)C3=O)CC1. The van der Waals surface area contributed by atoms with E-state index < -0.39 is 5.82 Å². The zero-order valence-electron chi connectivity index (χ0n) is 19.3. The van der Waals surface area contributed by atoms with Crippen LogP contribution in [0.15, 0.2) is 48.5 Å². The van der Waals surface area contributed by atoms with Crippen molar-refractivity contribution in [3.05, 3.63) is 76.3 Å². The second kappa shape index (κ2) is 9.58. The number of fused-ring (bicyclic) bond motifs is 1. The highest BCUT2D eigenvalue weighted by atomic mass is 35.5. The van der Waals surface area contributed by atoms with E-state index in [0.717, 1.165) is 11.4 Å². The molecule has 1 fully saturated rings. The summed E-state index contributed by atoms with van der Waals surface area (Å²) in [5.74, 6) is -0.160. The number of amides is 2. The fourth-order valence-electron chi connectivity index (χ4n) is 4.57. The summed E-state index contributed by atoms with van der Waals surface area (Å²) in [5.41, 5.74) is 1.84. The number of piperazine rings is 1. The number of benzene rings is 2. The summed E-state index contributed by atoms with van der Waals surface area (Å²) in [7, 11) is 1.65. The molecule has 1 aromatic heterocycles. The van der Waals surface area contributed by atoms with Crippen molar-refractivity contribution in [2.45, 2.75) is 13.1 Å². The van der Waals surface area contributed by atoms with Gasteiger partial charge in [0.1, 0.15) is 17.3 Å². The molecule has 3 heterocycles. The van der Waals surface area contributed by atoms with Crippen molar-refractivity contribution >= 4 is 29.1 Å². The molecule has 0 spiro atoms. The highest BCUT2D eigenvalue weighted by molar-refractivity contribution is 6.31. The molecule has 0 radical (unpaired) electrons. The Morgan fingerprint density at radius 2 is 1.83 bits per heavy atom. The minimum atomic E-state index is -0.451. The summed E-state index contributed by atoms with van der Waals surface area (Å²) >= 11 is 6.14. The maximum atomic E-state index is 14.2. The minimum Gasteiger partial charge on any atom is -0.495 e. The molecule has 2 aliphatic heterocycles. The summed E-state index contributed by atoms with van der Waals surface area (Å²) in [4.78, 5) is 31.7. The highest BCUT2D eigenvalue weighted by Gasteiger charge is 2.31. The maximum Gasteiger partial charge on any atom is 0.274 e. The third kappa shape index (κ3) is 4.43. The van der Waals surface area contributed by atoms with Crippen LogP contribution in [0.2, 0.25) is 5.02 Å². The molecular weight excluding hydrogens is 473 g/mol. The summed E-state index contributed by atoms with van der Waals surface area (Å²) in [6, 6.07) is 13.8. The lowest BCUT2D eigenvalue weighted by Crippen LogP contribution is -2.49. The van der Waals surface area contributed by atoms with Crippen LogP contribution in [0.3, 0.4) is 0 Å². The monoisotopic (exact) mass is 497 g/mol. The number of anilines is 1. The Labute approximate surface area is 207 Å². The second-order valence-electron chi connectivity index (χ2n) is 8.52. The van der Waals surface area contributed by atoms with Crippen molar-refractivity contribution in [3.8, 4) is 5.75 Å². The number of hydrogen-bond donors (Lipinski definition) is 0. The largest absolute Gasteiger partial charge is 0.495 e. The van der Waals surface area contributed by atoms with Crippen LogP contribution in [0, 0.1) is 5.82 Å². The molecule has 5 rings (SSSR count). The molecule has 0 unspecified atom stereocenters. The quantitative estimate of drug-likeness (QED) is 0.541. The Bertz CT molecular complexity index is 1250. The highest BCUT2D eigenvalue weighted by Crippen LogP contribution is 2.29. The second-order valence-corrected chi connectivity index (χ2v) is 8.92. The Morgan fingerprint density at radius 3 is 2.57 bits per heavy atom. The van der Waals surface area contributed by atoms with Crippen LogP contribution >= 0.6 is 11.6 Å². The third-order valence-corrected chi connectivity index (χ3v) is 6.84. The van der Waals surface area contributed by atoms with Gasteiger partial charge in [0.05, 0.1) is 25.9 Å². The number of nitrogens with zero attached hydrogens (tertiary/aromatic N) is 5. The number of aromatic nitrogens is 2. The maximum absolute atomic E-state index is 14.2. The summed E-state index contributed by atoms with van der Waals surface area (Å²) in [6.07, 6.45) is 0. The van der Waals surface area contributed by atoms with Gasteiger partial charge in [-0.2, -0.15) is 5.10 Å². The van der Waals surface area contributed by atoms with Gasteiger partial charge in [-0.1, -0.05) is 29.8 Å². The Morgan fingerprint density at radius 1 is 1.06 bits per heavy atom. The van der Waals surface area contributed by atoms with Gasteiger partial charge in [-0.15, -0.1) is 0 Å². The van der Waals surface area contributed by atoms with Crippen LogP contribution in [0.25, 0.3) is 0 Å². The first-order valence-electron chi connectivity index (χ1n) is 11.4. The van der Waals surface area contributed by atoms with Crippen molar-refractivity contribution in [2.24, 2.45) is 0 Å². The lowest BCUT2D eigenvalue weighted by Gasteiger charge is -2.36. The molecule has 2 aliphatic rings. The van der Waals surface area contributed by atoms with Crippen LogP contribution in [-0.2, 0) is 13.1 Å². The number of carbonyl (C=O) groups is 2. The van der Waals surface area contributed by atoms with E-state index >= 15 is 0 Å². The van der Waals surface area contributed by atoms with Gasteiger partial charge in [-0.05, 0) is 24.3 Å². The predicted molar refractivity (Wildman–Crippen MR) is 129 cm³/mol. The Hall–Kier alpha value is -3.59. The molecule has 2 aromatic carbocycles. The first kappa shape index (κ1) is 23.2. The molecule has 3 aromatic rings. The fourth-order valence-corrected chi connectivity index (χ4v) is 4.79. The fraction of sp³-hybridized carbons (Fsp3) is 0.320. The first-order chi connectivity index (χ1) is 17.0. The van der Waals surface area contributed by atoms with E-state index in [1.807, 2.05) is 24.3 Å². The van der Waals surface area contributed by atoms with Gasteiger partial charge in [0.15, 0.2) is 5.69 Å². The van der Waals surface area contributed by atoms with E-state index in [1.165, 1.54) is 23.1 Å². The number of hydrogen-bond acceptors (Lipinski definition) is 5. The smallest absolute Gasteiger partial charge is 0.274 e. The molecule has 0 bridgehead atoms. The Kier molecular flexibility index (Phi) is 6.34. The molecular formula is C25H25ClFN5O3. The van der Waals surface area contributed by atoms with E-state index in [1.54, 1.807) is 22.8 Å². The lowest BCUT2D eigenvalue weighted by atomic mass is 10.1. The lowest BCUT2D eigenvalue weighted by molar-refractivity contribution is 0.0679. The summed E-state index contributed by atoms with van der Waals surface area (Å²) in [6.45, 7) is 3.22. The third-order valence-electron chi connectivity index (χ3n) is 6.49. The molecule has 1 saturated heterocycles. The van der Waals surface area contributed by atoms with E-state index in [-0.39, 0.29) is 34.6 Å². The average Bonchev–Trinajstić information content (AvgIpc) is 3.32. The molecule has 35 heavy (non-hydrogen) atoms. The number of methoxy groups -OCH3 is 1. The van der Waals surface area contributed by atoms with Crippen LogP contribution in [-0.4, -0.2) is 71.2 Å². The summed E-state index contributed by atoms with van der Waals surface area (Å²) in [5, 5.41) is 4.68. The van der Waals surface area contributed by atoms with E-state index in [2.05, 4.69) is 10.00 Å². The average molecular weight is 498 g/mol. The molecule has 2 amide bonds. The van der Waals surface area contributed by atoms with Gasteiger partial charge in [0.2, 0.25) is 0 Å². The minimum absolute atomic E-state index is 0.0592. The predicted octanol–water partition coefficient (Wildman–Crippen LogP) is 3.30. The van der Waals surface area contributed by atoms with Gasteiger partial charge >= 0.3 is 0 Å². The van der Waals surface area contributed by atoms with Crippen molar-refractivity contribution < 1.29 is 18.7 Å². The Balaban J connectivity index is 1.26.